The Kier molecular flexibility index (Phi) is 4.04. The van der Waals surface area contributed by atoms with Gasteiger partial charge in [0.25, 0.3) is 0 Å². The van der Waals surface area contributed by atoms with Crippen molar-refractivity contribution in [3.8, 4) is 0 Å². The van der Waals surface area contributed by atoms with E-state index in [9.17, 15) is 0 Å². The molecule has 0 bridgehead atoms. The average Bonchev–Trinajstić information content (AvgIpc) is 2.78. The highest BCUT2D eigenvalue weighted by Crippen LogP contribution is 2.55. The van der Waals surface area contributed by atoms with E-state index in [0.29, 0.717) is 10.8 Å². The summed E-state index contributed by atoms with van der Waals surface area (Å²) in [7, 11) is 0. The fourth-order valence-electron chi connectivity index (χ4n) is 6.59. The zero-order chi connectivity index (χ0) is 20.3. The van der Waals surface area contributed by atoms with Gasteiger partial charge in [0, 0.05) is 0 Å². The Bertz CT molecular complexity index is 1030. The quantitative estimate of drug-likeness (QED) is 0.427. The van der Waals surface area contributed by atoms with Crippen molar-refractivity contribution in [3.63, 3.8) is 0 Å². The van der Waals surface area contributed by atoms with E-state index in [2.05, 4.69) is 74.5 Å². The number of benzene rings is 2. The minimum atomic E-state index is 0.353. The Morgan fingerprint density at radius 2 is 0.933 bits per heavy atom. The highest BCUT2D eigenvalue weighted by atomic mass is 14.4. The third kappa shape index (κ3) is 2.73. The third-order valence-electron chi connectivity index (χ3n) is 8.75. The lowest BCUT2D eigenvalue weighted by Gasteiger charge is -2.43. The lowest BCUT2D eigenvalue weighted by atomic mass is 9.61. The number of hydrogen-bond donors (Lipinski definition) is 0. The van der Waals surface area contributed by atoms with Crippen LogP contribution in [0.3, 0.4) is 0 Å². The van der Waals surface area contributed by atoms with Crippen LogP contribution < -0.4 is 0 Å². The highest BCUT2D eigenvalue weighted by Gasteiger charge is 2.39. The van der Waals surface area contributed by atoms with Crippen LogP contribution in [-0.4, -0.2) is 0 Å². The van der Waals surface area contributed by atoms with Crippen LogP contribution >= 0.6 is 0 Å². The summed E-state index contributed by atoms with van der Waals surface area (Å²) >= 11 is 0. The zero-order valence-electron chi connectivity index (χ0n) is 18.4. The smallest absolute Gasteiger partial charge is 0.00628 e. The zero-order valence-corrected chi connectivity index (χ0v) is 18.4. The number of aryl methyl sites for hydroxylation is 2. The molecule has 0 heteroatoms. The molecule has 152 valence electrons. The van der Waals surface area contributed by atoms with E-state index >= 15 is 0 Å². The summed E-state index contributed by atoms with van der Waals surface area (Å²) in [5, 5.41) is 0. The van der Waals surface area contributed by atoms with Crippen LogP contribution in [0.15, 0.2) is 71.8 Å². The van der Waals surface area contributed by atoms with Gasteiger partial charge in [0.1, 0.15) is 0 Å². The largest absolute Gasteiger partial charge is 0.0620 e. The first-order chi connectivity index (χ1) is 14.6. The molecule has 0 fully saturated rings. The molecule has 30 heavy (non-hydrogen) atoms. The Morgan fingerprint density at radius 1 is 0.533 bits per heavy atom. The van der Waals surface area contributed by atoms with Gasteiger partial charge in [-0.15, -0.1) is 0 Å². The summed E-state index contributed by atoms with van der Waals surface area (Å²) in [6, 6.07) is 18.3. The standard InChI is InChI=1S/C30H32/c1-29-15-11-21-7-3-5-9-25(21)27(29)19-23(13-17-29)24-14-18-30(2)16-12-22-8-4-6-10-26(22)28(30)20-24/h3-10,19-20H,11-18H2,1-2H3/b24-23+/t29-,30-/m1/s1. The second kappa shape index (κ2) is 6.58. The first-order valence-corrected chi connectivity index (χ1v) is 11.9. The molecule has 0 unspecified atom stereocenters. The second-order valence-electron chi connectivity index (χ2n) is 10.6. The molecule has 4 aliphatic rings. The lowest BCUT2D eigenvalue weighted by molar-refractivity contribution is 0.353. The number of allylic oxidation sites excluding steroid dienone is 6. The second-order valence-corrected chi connectivity index (χ2v) is 10.6. The van der Waals surface area contributed by atoms with Crippen molar-refractivity contribution in [2.45, 2.75) is 65.2 Å². The van der Waals surface area contributed by atoms with E-state index in [1.165, 1.54) is 62.5 Å². The maximum atomic E-state index is 2.60. The summed E-state index contributed by atoms with van der Waals surface area (Å²) in [6.45, 7) is 5.01. The van der Waals surface area contributed by atoms with E-state index in [4.69, 9.17) is 0 Å². The Balaban J connectivity index is 1.50. The summed E-state index contributed by atoms with van der Waals surface area (Å²) in [6.07, 6.45) is 15.3. The molecule has 0 nitrogen and oxygen atoms in total. The van der Waals surface area contributed by atoms with Crippen molar-refractivity contribution in [2.75, 3.05) is 0 Å². The van der Waals surface area contributed by atoms with Gasteiger partial charge < -0.3 is 0 Å². The molecule has 2 atom stereocenters. The maximum Gasteiger partial charge on any atom is -0.00628 e. The van der Waals surface area contributed by atoms with Crippen molar-refractivity contribution in [3.05, 3.63) is 94.1 Å². The SMILES string of the molecule is C[C@@]12CC/C(=C3\C=C4c5ccccc5CC[C@]4(C)CC3)C=C1c1ccccc1CC2. The Morgan fingerprint density at radius 3 is 1.40 bits per heavy atom. The van der Waals surface area contributed by atoms with Gasteiger partial charge in [-0.25, -0.2) is 0 Å². The van der Waals surface area contributed by atoms with E-state index in [-0.39, 0.29) is 0 Å². The fraction of sp³-hybridized carbons (Fsp3) is 0.400. The van der Waals surface area contributed by atoms with Crippen molar-refractivity contribution in [2.24, 2.45) is 10.8 Å². The lowest BCUT2D eigenvalue weighted by Crippen LogP contribution is -2.29. The molecule has 0 saturated carbocycles. The van der Waals surface area contributed by atoms with Crippen LogP contribution in [0.25, 0.3) is 11.1 Å². The minimum absolute atomic E-state index is 0.353. The van der Waals surface area contributed by atoms with Crippen molar-refractivity contribution in [1.82, 2.24) is 0 Å². The molecule has 2 aromatic rings. The van der Waals surface area contributed by atoms with Gasteiger partial charge in [0.05, 0.1) is 0 Å². The van der Waals surface area contributed by atoms with Gasteiger partial charge >= 0.3 is 0 Å². The van der Waals surface area contributed by atoms with E-state index < -0.39 is 0 Å². The summed E-state index contributed by atoms with van der Waals surface area (Å²) < 4.78 is 0. The van der Waals surface area contributed by atoms with Crippen molar-refractivity contribution in [1.29, 1.82) is 0 Å². The molecular formula is C30H32. The predicted octanol–water partition coefficient (Wildman–Crippen LogP) is 7.94. The van der Waals surface area contributed by atoms with Crippen LogP contribution in [0.2, 0.25) is 0 Å². The molecule has 0 amide bonds. The average molecular weight is 393 g/mol. The van der Waals surface area contributed by atoms with Gasteiger partial charge in [0.2, 0.25) is 0 Å². The summed E-state index contributed by atoms with van der Waals surface area (Å²) in [5.74, 6) is 0. The van der Waals surface area contributed by atoms with E-state index in [0.717, 1.165) is 0 Å². The molecule has 0 saturated heterocycles. The predicted molar refractivity (Wildman–Crippen MR) is 127 cm³/mol. The normalized spacial score (nSPS) is 32.2. The van der Waals surface area contributed by atoms with Crippen LogP contribution in [0.4, 0.5) is 0 Å². The van der Waals surface area contributed by atoms with Crippen LogP contribution in [0.1, 0.15) is 74.6 Å². The van der Waals surface area contributed by atoms with Crippen LogP contribution in [-0.2, 0) is 12.8 Å². The van der Waals surface area contributed by atoms with Gasteiger partial charge in [-0.3, -0.25) is 0 Å². The first kappa shape index (κ1) is 18.4. The molecule has 0 radical (unpaired) electrons. The van der Waals surface area contributed by atoms with Gasteiger partial charge in [0.15, 0.2) is 0 Å². The molecule has 0 spiro atoms. The topological polar surface area (TPSA) is 0 Å². The molecule has 2 aromatic carbocycles. The molecule has 4 aliphatic carbocycles. The fourth-order valence-corrected chi connectivity index (χ4v) is 6.59. The van der Waals surface area contributed by atoms with Crippen molar-refractivity contribution < 1.29 is 0 Å². The van der Waals surface area contributed by atoms with Gasteiger partial charge in [-0.1, -0.05) is 74.5 Å². The third-order valence-corrected chi connectivity index (χ3v) is 8.75. The van der Waals surface area contributed by atoms with E-state index in [1.807, 2.05) is 0 Å². The first-order valence-electron chi connectivity index (χ1n) is 11.9. The molecule has 0 N–H and O–H groups in total. The summed E-state index contributed by atoms with van der Waals surface area (Å²) in [4.78, 5) is 0. The Hall–Kier alpha value is -2.34. The molecular weight excluding hydrogens is 360 g/mol. The minimum Gasteiger partial charge on any atom is -0.0620 e. The number of fused-ring (bicyclic) bond motifs is 6. The van der Waals surface area contributed by atoms with E-state index in [1.54, 1.807) is 33.4 Å². The molecule has 6 rings (SSSR count). The molecule has 0 aliphatic heterocycles. The highest BCUT2D eigenvalue weighted by molar-refractivity contribution is 5.80. The summed E-state index contributed by atoms with van der Waals surface area (Å²) in [5.41, 5.74) is 13.3. The monoisotopic (exact) mass is 392 g/mol. The van der Waals surface area contributed by atoms with Crippen molar-refractivity contribution >= 4 is 11.1 Å². The molecule has 0 heterocycles. The van der Waals surface area contributed by atoms with Crippen LogP contribution in [0.5, 0.6) is 0 Å². The van der Waals surface area contributed by atoms with Gasteiger partial charge in [-0.2, -0.15) is 0 Å². The maximum absolute atomic E-state index is 2.60. The Labute approximate surface area is 181 Å². The molecule has 0 aromatic heterocycles. The number of hydrogen-bond acceptors (Lipinski definition) is 0. The number of rotatable bonds is 0. The van der Waals surface area contributed by atoms with Crippen LogP contribution in [0, 0.1) is 10.8 Å². The van der Waals surface area contributed by atoms with Gasteiger partial charge in [-0.05, 0) is 107 Å².